The first kappa shape index (κ1) is 19.9. The zero-order valence-corrected chi connectivity index (χ0v) is 17.5. The van der Waals surface area contributed by atoms with Gasteiger partial charge in [0.05, 0.1) is 18.1 Å². The lowest BCUT2D eigenvalue weighted by molar-refractivity contribution is -0.114. The lowest BCUT2D eigenvalue weighted by Gasteiger charge is -2.26. The van der Waals surface area contributed by atoms with E-state index in [1.54, 1.807) is 6.20 Å². The number of nitrogens with zero attached hydrogens (tertiary/aromatic N) is 4. The highest BCUT2D eigenvalue weighted by Gasteiger charge is 2.43. The fourth-order valence-corrected chi connectivity index (χ4v) is 4.84. The van der Waals surface area contributed by atoms with E-state index in [0.717, 1.165) is 43.1 Å². The Bertz CT molecular complexity index is 900. The molecule has 2 heterocycles. The van der Waals surface area contributed by atoms with Gasteiger partial charge in [0.25, 0.3) is 0 Å². The second-order valence-corrected chi connectivity index (χ2v) is 8.60. The van der Waals surface area contributed by atoms with Crippen LogP contribution in [-0.2, 0) is 11.3 Å². The number of anilines is 1. The van der Waals surface area contributed by atoms with Crippen LogP contribution < -0.4 is 5.32 Å². The van der Waals surface area contributed by atoms with E-state index in [-0.39, 0.29) is 11.9 Å². The van der Waals surface area contributed by atoms with Crippen LogP contribution in [0.4, 0.5) is 10.5 Å². The summed E-state index contributed by atoms with van der Waals surface area (Å²) in [5.41, 5.74) is 1.69. The average Bonchev–Trinajstić information content (AvgIpc) is 3.37. The molecule has 1 aromatic carbocycles. The van der Waals surface area contributed by atoms with E-state index < -0.39 is 0 Å². The molecular weight excluding hydrogens is 390 g/mol. The van der Waals surface area contributed by atoms with Gasteiger partial charge in [-0.1, -0.05) is 29.8 Å². The van der Waals surface area contributed by atoms with Gasteiger partial charge in [0.1, 0.15) is 0 Å². The fourth-order valence-electron chi connectivity index (χ4n) is 4.65. The van der Waals surface area contributed by atoms with E-state index >= 15 is 0 Å². The monoisotopic (exact) mass is 415 g/mol. The lowest BCUT2D eigenvalue weighted by Crippen LogP contribution is -2.36. The SMILES string of the molecule is CC(=O)Nc1cnn(C(=O)N2C[C@H]3CC(N(C)Cc4ccccc4Cl)C[C@H]3C2)c1. The maximum Gasteiger partial charge on any atom is 0.344 e. The molecule has 4 rings (SSSR count). The van der Waals surface area contributed by atoms with Gasteiger partial charge in [0, 0.05) is 37.6 Å². The van der Waals surface area contributed by atoms with Gasteiger partial charge >= 0.3 is 6.03 Å². The Labute approximate surface area is 175 Å². The third-order valence-corrected chi connectivity index (χ3v) is 6.47. The topological polar surface area (TPSA) is 70.5 Å². The number of benzene rings is 1. The first-order valence-electron chi connectivity index (χ1n) is 9.96. The Hall–Kier alpha value is -2.38. The number of likely N-dealkylation sites (tertiary alicyclic amines) is 1. The van der Waals surface area contributed by atoms with Crippen molar-refractivity contribution < 1.29 is 9.59 Å². The number of hydrogen-bond donors (Lipinski definition) is 1. The smallest absolute Gasteiger partial charge is 0.324 e. The minimum Gasteiger partial charge on any atom is -0.324 e. The summed E-state index contributed by atoms with van der Waals surface area (Å²) in [6.07, 6.45) is 5.24. The number of aromatic nitrogens is 2. The zero-order chi connectivity index (χ0) is 20.5. The van der Waals surface area contributed by atoms with Gasteiger partial charge in [-0.25, -0.2) is 4.79 Å². The Kier molecular flexibility index (Phi) is 5.61. The first-order chi connectivity index (χ1) is 13.9. The molecule has 1 aliphatic carbocycles. The molecular formula is C21H26ClN5O2. The van der Waals surface area contributed by atoms with E-state index in [0.29, 0.717) is 23.6 Å². The molecule has 154 valence electrons. The van der Waals surface area contributed by atoms with Gasteiger partial charge in [0.2, 0.25) is 5.91 Å². The molecule has 0 radical (unpaired) electrons. The predicted octanol–water partition coefficient (Wildman–Crippen LogP) is 3.31. The van der Waals surface area contributed by atoms with Crippen molar-refractivity contribution >= 4 is 29.2 Å². The fraction of sp³-hybridized carbons (Fsp3) is 0.476. The Morgan fingerprint density at radius 2 is 1.93 bits per heavy atom. The Balaban J connectivity index is 1.32. The van der Waals surface area contributed by atoms with Crippen molar-refractivity contribution in [1.29, 1.82) is 0 Å². The maximum atomic E-state index is 12.8. The van der Waals surface area contributed by atoms with Gasteiger partial charge in [-0.05, 0) is 43.4 Å². The number of rotatable bonds is 4. The summed E-state index contributed by atoms with van der Waals surface area (Å²) in [5.74, 6) is 0.853. The van der Waals surface area contributed by atoms with Crippen molar-refractivity contribution in [3.63, 3.8) is 0 Å². The average molecular weight is 416 g/mol. The summed E-state index contributed by atoms with van der Waals surface area (Å²) in [4.78, 5) is 28.2. The van der Waals surface area contributed by atoms with E-state index in [1.807, 2.05) is 23.1 Å². The number of fused-ring (bicyclic) bond motifs is 1. The molecule has 0 spiro atoms. The Morgan fingerprint density at radius 1 is 1.24 bits per heavy atom. The quantitative estimate of drug-likeness (QED) is 0.831. The van der Waals surface area contributed by atoms with Crippen LogP contribution >= 0.6 is 11.6 Å². The standard InChI is InChI=1S/C21H26ClN5O2/c1-14(28)24-18-9-23-27(13-18)21(29)26-11-16-7-19(8-17(16)12-26)25(2)10-15-5-3-4-6-20(15)22/h3-6,9,13,16-17,19H,7-8,10-12H2,1-2H3,(H,24,28)/t16-,17+,19?. The van der Waals surface area contributed by atoms with E-state index in [9.17, 15) is 9.59 Å². The Morgan fingerprint density at radius 3 is 2.59 bits per heavy atom. The highest BCUT2D eigenvalue weighted by molar-refractivity contribution is 6.31. The number of halogens is 1. The summed E-state index contributed by atoms with van der Waals surface area (Å²) in [5, 5.41) is 7.55. The summed E-state index contributed by atoms with van der Waals surface area (Å²) in [6, 6.07) is 8.37. The maximum absolute atomic E-state index is 12.8. The van der Waals surface area contributed by atoms with Crippen LogP contribution in [0.1, 0.15) is 25.3 Å². The van der Waals surface area contributed by atoms with Crippen LogP contribution in [0, 0.1) is 11.8 Å². The number of carbonyl (C=O) groups excluding carboxylic acids is 2. The van der Waals surface area contributed by atoms with Gasteiger partial charge in [-0.3, -0.25) is 9.69 Å². The van der Waals surface area contributed by atoms with Crippen LogP contribution in [0.2, 0.25) is 5.02 Å². The molecule has 0 bridgehead atoms. The number of amides is 2. The van der Waals surface area contributed by atoms with E-state index in [2.05, 4.69) is 28.4 Å². The van der Waals surface area contributed by atoms with E-state index in [1.165, 1.54) is 17.8 Å². The largest absolute Gasteiger partial charge is 0.344 e. The number of hydrogen-bond acceptors (Lipinski definition) is 4. The summed E-state index contributed by atoms with van der Waals surface area (Å²) in [7, 11) is 2.16. The van der Waals surface area contributed by atoms with Crippen molar-refractivity contribution in [3.8, 4) is 0 Å². The summed E-state index contributed by atoms with van der Waals surface area (Å²) < 4.78 is 1.31. The van der Waals surface area contributed by atoms with Crippen LogP contribution in [-0.4, -0.2) is 57.7 Å². The number of nitrogens with one attached hydrogen (secondary N) is 1. The third kappa shape index (κ3) is 4.31. The van der Waals surface area contributed by atoms with Crippen LogP contribution in [0.5, 0.6) is 0 Å². The molecule has 2 amide bonds. The third-order valence-electron chi connectivity index (χ3n) is 6.10. The summed E-state index contributed by atoms with van der Waals surface area (Å²) in [6.45, 7) is 3.79. The van der Waals surface area contributed by atoms with Crippen molar-refractivity contribution in [2.75, 3.05) is 25.5 Å². The molecule has 29 heavy (non-hydrogen) atoms. The molecule has 8 heteroatoms. The molecule has 1 saturated carbocycles. The highest BCUT2D eigenvalue weighted by atomic mass is 35.5. The molecule has 1 N–H and O–H groups in total. The molecule has 1 aliphatic heterocycles. The lowest BCUT2D eigenvalue weighted by atomic mass is 10.0. The second kappa shape index (κ2) is 8.16. The summed E-state index contributed by atoms with van der Waals surface area (Å²) >= 11 is 6.31. The van der Waals surface area contributed by atoms with Crippen molar-refractivity contribution in [2.24, 2.45) is 11.8 Å². The van der Waals surface area contributed by atoms with Crippen molar-refractivity contribution in [1.82, 2.24) is 19.6 Å². The predicted molar refractivity (Wildman–Crippen MR) is 112 cm³/mol. The normalized spacial score (nSPS) is 23.4. The minimum absolute atomic E-state index is 0.128. The molecule has 3 atom stereocenters. The molecule has 1 saturated heterocycles. The van der Waals surface area contributed by atoms with Gasteiger partial charge in [0.15, 0.2) is 0 Å². The van der Waals surface area contributed by atoms with Gasteiger partial charge in [-0.2, -0.15) is 9.78 Å². The van der Waals surface area contributed by atoms with Gasteiger partial charge in [-0.15, -0.1) is 0 Å². The van der Waals surface area contributed by atoms with Gasteiger partial charge < -0.3 is 10.2 Å². The second-order valence-electron chi connectivity index (χ2n) is 8.19. The zero-order valence-electron chi connectivity index (χ0n) is 16.7. The van der Waals surface area contributed by atoms with Crippen LogP contribution in [0.15, 0.2) is 36.7 Å². The highest BCUT2D eigenvalue weighted by Crippen LogP contribution is 2.40. The first-order valence-corrected chi connectivity index (χ1v) is 10.3. The molecule has 1 unspecified atom stereocenters. The van der Waals surface area contributed by atoms with Crippen molar-refractivity contribution in [2.45, 2.75) is 32.4 Å². The minimum atomic E-state index is -0.181. The molecule has 2 fully saturated rings. The van der Waals surface area contributed by atoms with Crippen LogP contribution in [0.3, 0.4) is 0 Å². The van der Waals surface area contributed by atoms with Crippen molar-refractivity contribution in [3.05, 3.63) is 47.2 Å². The van der Waals surface area contributed by atoms with E-state index in [4.69, 9.17) is 11.6 Å². The molecule has 2 aliphatic rings. The van der Waals surface area contributed by atoms with Crippen LogP contribution in [0.25, 0.3) is 0 Å². The molecule has 1 aromatic heterocycles. The molecule has 7 nitrogen and oxygen atoms in total. The molecule has 2 aromatic rings. The number of carbonyl (C=O) groups is 2.